The second-order valence-corrected chi connectivity index (χ2v) is 6.82. The summed E-state index contributed by atoms with van der Waals surface area (Å²) in [5, 5.41) is 3.01. The van der Waals surface area contributed by atoms with Crippen LogP contribution in [-0.2, 0) is 9.53 Å². The Kier molecular flexibility index (Phi) is 6.57. The first kappa shape index (κ1) is 18.8. The number of carbonyl (C=O) groups excluding carboxylic acids is 2. The highest BCUT2D eigenvalue weighted by Gasteiger charge is 2.27. The van der Waals surface area contributed by atoms with Gasteiger partial charge in [0.25, 0.3) is 5.91 Å². The molecule has 2 amide bonds. The maximum atomic E-state index is 13.3. The maximum Gasteiger partial charge on any atom is 0.253 e. The number of amides is 2. The molecule has 0 saturated carbocycles. The standard InChI is InChI=1S/C19H26FN3O3/c20-17-3-1-2-16(14-17)19(25)23-7-4-15(5-8-23)18(24)21-6-9-22-10-12-26-13-11-22/h1-3,14-15H,4-13H2,(H,21,24). The average molecular weight is 363 g/mol. The number of morpholine rings is 1. The van der Waals surface area contributed by atoms with E-state index in [-0.39, 0.29) is 17.7 Å². The summed E-state index contributed by atoms with van der Waals surface area (Å²) in [5.41, 5.74) is 0.360. The van der Waals surface area contributed by atoms with Crippen LogP contribution in [0.2, 0.25) is 0 Å². The molecule has 2 saturated heterocycles. The Morgan fingerprint density at radius 1 is 1.15 bits per heavy atom. The molecule has 142 valence electrons. The van der Waals surface area contributed by atoms with Crippen LogP contribution in [0.15, 0.2) is 24.3 Å². The molecular weight excluding hydrogens is 337 g/mol. The van der Waals surface area contributed by atoms with Crippen molar-refractivity contribution in [2.24, 2.45) is 5.92 Å². The molecule has 0 aliphatic carbocycles. The van der Waals surface area contributed by atoms with Crippen LogP contribution in [0.5, 0.6) is 0 Å². The summed E-state index contributed by atoms with van der Waals surface area (Å²) in [4.78, 5) is 28.7. The van der Waals surface area contributed by atoms with Gasteiger partial charge in [-0.1, -0.05) is 6.07 Å². The van der Waals surface area contributed by atoms with Crippen LogP contribution in [0.25, 0.3) is 0 Å². The molecule has 2 fully saturated rings. The molecule has 0 radical (unpaired) electrons. The lowest BCUT2D eigenvalue weighted by Gasteiger charge is -2.32. The molecular formula is C19H26FN3O3. The minimum absolute atomic E-state index is 0.0590. The van der Waals surface area contributed by atoms with Crippen LogP contribution in [0, 0.1) is 11.7 Å². The molecule has 1 aromatic rings. The van der Waals surface area contributed by atoms with E-state index >= 15 is 0 Å². The number of halogens is 1. The van der Waals surface area contributed by atoms with E-state index in [0.717, 1.165) is 32.8 Å². The van der Waals surface area contributed by atoms with Gasteiger partial charge in [-0.15, -0.1) is 0 Å². The maximum absolute atomic E-state index is 13.3. The van der Waals surface area contributed by atoms with Crippen molar-refractivity contribution in [3.63, 3.8) is 0 Å². The molecule has 26 heavy (non-hydrogen) atoms. The van der Waals surface area contributed by atoms with Gasteiger partial charge in [0.15, 0.2) is 0 Å². The molecule has 2 aliphatic heterocycles. The SMILES string of the molecule is O=C(NCCN1CCOCC1)C1CCN(C(=O)c2cccc(F)c2)CC1. The fraction of sp³-hybridized carbons (Fsp3) is 0.579. The molecule has 2 aliphatic rings. The minimum Gasteiger partial charge on any atom is -0.379 e. The molecule has 0 bridgehead atoms. The third-order valence-electron chi connectivity index (χ3n) is 5.06. The lowest BCUT2D eigenvalue weighted by atomic mass is 9.95. The highest BCUT2D eigenvalue weighted by Crippen LogP contribution is 2.19. The van der Waals surface area contributed by atoms with Gasteiger partial charge in [0, 0.05) is 50.7 Å². The van der Waals surface area contributed by atoms with Gasteiger partial charge in [-0.25, -0.2) is 4.39 Å². The number of ether oxygens (including phenoxy) is 1. The lowest BCUT2D eigenvalue weighted by molar-refractivity contribution is -0.126. The molecule has 0 aromatic heterocycles. The monoisotopic (exact) mass is 363 g/mol. The van der Waals surface area contributed by atoms with Gasteiger partial charge in [-0.2, -0.15) is 0 Å². The summed E-state index contributed by atoms with van der Waals surface area (Å²) in [6.07, 6.45) is 1.29. The number of likely N-dealkylation sites (tertiary alicyclic amines) is 1. The normalized spacial score (nSPS) is 19.3. The number of nitrogens with one attached hydrogen (secondary N) is 1. The molecule has 1 aromatic carbocycles. The van der Waals surface area contributed by atoms with E-state index in [2.05, 4.69) is 10.2 Å². The number of piperidine rings is 1. The number of hydrogen-bond acceptors (Lipinski definition) is 4. The summed E-state index contributed by atoms with van der Waals surface area (Å²) in [7, 11) is 0. The van der Waals surface area contributed by atoms with Gasteiger partial charge in [0.1, 0.15) is 5.82 Å². The lowest BCUT2D eigenvalue weighted by Crippen LogP contribution is -2.45. The Hall–Kier alpha value is -1.99. The first-order chi connectivity index (χ1) is 12.6. The third kappa shape index (κ3) is 5.02. The van der Waals surface area contributed by atoms with Crippen LogP contribution < -0.4 is 5.32 Å². The second-order valence-electron chi connectivity index (χ2n) is 6.82. The Bertz CT molecular complexity index is 626. The molecule has 0 atom stereocenters. The molecule has 2 heterocycles. The molecule has 3 rings (SSSR count). The predicted molar refractivity (Wildman–Crippen MR) is 95.3 cm³/mol. The van der Waals surface area contributed by atoms with Crippen molar-refractivity contribution >= 4 is 11.8 Å². The first-order valence-corrected chi connectivity index (χ1v) is 9.26. The van der Waals surface area contributed by atoms with Crippen LogP contribution in [0.4, 0.5) is 4.39 Å². The summed E-state index contributed by atoms with van der Waals surface area (Å²) in [6, 6.07) is 5.74. The van der Waals surface area contributed by atoms with E-state index in [4.69, 9.17) is 4.74 Å². The van der Waals surface area contributed by atoms with Crippen LogP contribution >= 0.6 is 0 Å². The van der Waals surface area contributed by atoms with E-state index in [1.165, 1.54) is 18.2 Å². The Balaban J connectivity index is 1.40. The quantitative estimate of drug-likeness (QED) is 0.852. The van der Waals surface area contributed by atoms with Crippen molar-refractivity contribution in [1.82, 2.24) is 15.1 Å². The van der Waals surface area contributed by atoms with Gasteiger partial charge < -0.3 is 15.0 Å². The third-order valence-corrected chi connectivity index (χ3v) is 5.06. The van der Waals surface area contributed by atoms with Gasteiger partial charge in [-0.3, -0.25) is 14.5 Å². The number of carbonyl (C=O) groups is 2. The Morgan fingerprint density at radius 3 is 2.58 bits per heavy atom. The molecule has 6 nitrogen and oxygen atoms in total. The van der Waals surface area contributed by atoms with Crippen molar-refractivity contribution in [2.75, 3.05) is 52.5 Å². The Labute approximate surface area is 153 Å². The number of benzene rings is 1. The van der Waals surface area contributed by atoms with Crippen LogP contribution in [-0.4, -0.2) is 74.1 Å². The van der Waals surface area contributed by atoms with Crippen molar-refractivity contribution in [3.05, 3.63) is 35.6 Å². The Morgan fingerprint density at radius 2 is 1.88 bits per heavy atom. The number of rotatable bonds is 5. The van der Waals surface area contributed by atoms with E-state index in [1.54, 1.807) is 11.0 Å². The smallest absolute Gasteiger partial charge is 0.253 e. The zero-order valence-electron chi connectivity index (χ0n) is 15.0. The minimum atomic E-state index is -0.412. The van der Waals surface area contributed by atoms with E-state index < -0.39 is 5.82 Å². The highest BCUT2D eigenvalue weighted by atomic mass is 19.1. The van der Waals surface area contributed by atoms with Gasteiger partial charge >= 0.3 is 0 Å². The zero-order valence-corrected chi connectivity index (χ0v) is 15.0. The van der Waals surface area contributed by atoms with Crippen LogP contribution in [0.1, 0.15) is 23.2 Å². The molecule has 7 heteroatoms. The summed E-state index contributed by atoms with van der Waals surface area (Å²) in [5.74, 6) is -0.576. The topological polar surface area (TPSA) is 61.9 Å². The molecule has 1 N–H and O–H groups in total. The van der Waals surface area contributed by atoms with Crippen molar-refractivity contribution < 1.29 is 18.7 Å². The summed E-state index contributed by atoms with van der Waals surface area (Å²) < 4.78 is 18.6. The number of nitrogens with zero attached hydrogens (tertiary/aromatic N) is 2. The van der Waals surface area contributed by atoms with Gasteiger partial charge in [0.05, 0.1) is 13.2 Å². The largest absolute Gasteiger partial charge is 0.379 e. The number of hydrogen-bond donors (Lipinski definition) is 1. The van der Waals surface area contributed by atoms with Crippen molar-refractivity contribution in [2.45, 2.75) is 12.8 Å². The van der Waals surface area contributed by atoms with Crippen LogP contribution in [0.3, 0.4) is 0 Å². The zero-order chi connectivity index (χ0) is 18.4. The summed E-state index contributed by atoms with van der Waals surface area (Å²) in [6.45, 7) is 5.87. The molecule has 0 unspecified atom stereocenters. The predicted octanol–water partition coefficient (Wildman–Crippen LogP) is 1.13. The van der Waals surface area contributed by atoms with Gasteiger partial charge in [-0.05, 0) is 31.0 Å². The fourth-order valence-corrected chi connectivity index (χ4v) is 3.46. The van der Waals surface area contributed by atoms with E-state index in [0.29, 0.717) is 38.0 Å². The van der Waals surface area contributed by atoms with Crippen molar-refractivity contribution in [1.29, 1.82) is 0 Å². The van der Waals surface area contributed by atoms with Gasteiger partial charge in [0.2, 0.25) is 5.91 Å². The molecule has 0 spiro atoms. The second kappa shape index (κ2) is 9.09. The fourth-order valence-electron chi connectivity index (χ4n) is 3.46. The van der Waals surface area contributed by atoms with E-state index in [1.807, 2.05) is 0 Å². The average Bonchev–Trinajstić information content (AvgIpc) is 2.68. The van der Waals surface area contributed by atoms with E-state index in [9.17, 15) is 14.0 Å². The first-order valence-electron chi connectivity index (χ1n) is 9.26. The van der Waals surface area contributed by atoms with Crippen molar-refractivity contribution in [3.8, 4) is 0 Å². The highest BCUT2D eigenvalue weighted by molar-refractivity contribution is 5.94. The summed E-state index contributed by atoms with van der Waals surface area (Å²) >= 11 is 0.